The minimum absolute atomic E-state index is 0.951. The summed E-state index contributed by atoms with van der Waals surface area (Å²) in [6.07, 6.45) is 4.39. The summed E-state index contributed by atoms with van der Waals surface area (Å²) in [5, 5.41) is 4.81. The first kappa shape index (κ1) is 8.06. The van der Waals surface area contributed by atoms with E-state index in [0.717, 1.165) is 6.54 Å². The van der Waals surface area contributed by atoms with Crippen LogP contribution < -0.4 is 5.32 Å². The summed E-state index contributed by atoms with van der Waals surface area (Å²) in [4.78, 5) is 1.36. The topological polar surface area (TPSA) is 12.0 Å². The number of aryl methyl sites for hydroxylation is 1. The minimum Gasteiger partial charge on any atom is -0.380 e. The zero-order valence-electron chi connectivity index (χ0n) is 8.00. The number of anilines is 1. The van der Waals surface area contributed by atoms with Crippen LogP contribution in [0.2, 0.25) is 0 Å². The lowest BCUT2D eigenvalue weighted by molar-refractivity contribution is 1.34. The summed E-state index contributed by atoms with van der Waals surface area (Å²) in [5.41, 5.74) is 2.69. The molecule has 0 amide bonds. The highest BCUT2D eigenvalue weighted by Gasteiger charge is 2.12. The van der Waals surface area contributed by atoms with Crippen molar-refractivity contribution >= 4 is 33.2 Å². The molecule has 1 aromatic heterocycles. The Kier molecular flexibility index (Phi) is 1.64. The van der Waals surface area contributed by atoms with Crippen molar-refractivity contribution in [1.82, 2.24) is 0 Å². The molecule has 1 aliphatic rings. The van der Waals surface area contributed by atoms with Crippen LogP contribution in [-0.4, -0.2) is 6.54 Å². The van der Waals surface area contributed by atoms with Gasteiger partial charge in [-0.3, -0.25) is 0 Å². The summed E-state index contributed by atoms with van der Waals surface area (Å²) in [6.45, 7) is 3.13. The quantitative estimate of drug-likeness (QED) is 0.686. The van der Waals surface area contributed by atoms with Gasteiger partial charge >= 0.3 is 0 Å². The first-order chi connectivity index (χ1) is 6.86. The average molecular weight is 201 g/mol. The second-order valence-electron chi connectivity index (χ2n) is 3.58. The number of hydrogen-bond acceptors (Lipinski definition) is 2. The fourth-order valence-corrected chi connectivity index (χ4v) is 3.08. The number of nitrogens with one attached hydrogen (secondary N) is 1. The van der Waals surface area contributed by atoms with Gasteiger partial charge in [0.1, 0.15) is 0 Å². The van der Waals surface area contributed by atoms with Crippen molar-refractivity contribution in [2.45, 2.75) is 6.92 Å². The largest absolute Gasteiger partial charge is 0.380 e. The van der Waals surface area contributed by atoms with Crippen LogP contribution in [0.15, 0.2) is 24.3 Å². The molecule has 2 heteroatoms. The molecule has 0 spiro atoms. The lowest BCUT2D eigenvalue weighted by atomic mass is 10.1. The fraction of sp³-hybridized carbons (Fsp3) is 0.167. The highest BCUT2D eigenvalue weighted by Crippen LogP contribution is 2.39. The maximum Gasteiger partial charge on any atom is 0.0605 e. The lowest BCUT2D eigenvalue weighted by Gasteiger charge is -2.07. The maximum absolute atomic E-state index is 3.44. The van der Waals surface area contributed by atoms with E-state index >= 15 is 0 Å². The molecule has 70 valence electrons. The number of thiophene rings is 1. The molecule has 1 nitrogen and oxygen atoms in total. The van der Waals surface area contributed by atoms with E-state index in [-0.39, 0.29) is 0 Å². The molecule has 14 heavy (non-hydrogen) atoms. The van der Waals surface area contributed by atoms with E-state index in [4.69, 9.17) is 0 Å². The smallest absolute Gasteiger partial charge is 0.0605 e. The second-order valence-corrected chi connectivity index (χ2v) is 4.63. The van der Waals surface area contributed by atoms with Crippen molar-refractivity contribution < 1.29 is 0 Å². The molecule has 1 aromatic carbocycles. The van der Waals surface area contributed by atoms with E-state index in [1.165, 1.54) is 26.2 Å². The van der Waals surface area contributed by atoms with Gasteiger partial charge in [-0.2, -0.15) is 0 Å². The van der Waals surface area contributed by atoms with E-state index in [1.807, 2.05) is 11.3 Å². The van der Waals surface area contributed by atoms with Crippen molar-refractivity contribution in [1.29, 1.82) is 0 Å². The third kappa shape index (κ3) is 1.01. The van der Waals surface area contributed by atoms with Gasteiger partial charge in [0.15, 0.2) is 0 Å². The fourth-order valence-electron chi connectivity index (χ4n) is 1.91. The number of hydrogen-bond donors (Lipinski definition) is 1. The Labute approximate surface area is 87.1 Å². The third-order valence-electron chi connectivity index (χ3n) is 2.61. The van der Waals surface area contributed by atoms with Crippen LogP contribution in [0, 0.1) is 6.92 Å². The molecule has 0 radical (unpaired) electrons. The zero-order valence-corrected chi connectivity index (χ0v) is 8.82. The van der Waals surface area contributed by atoms with Crippen LogP contribution in [0.25, 0.3) is 16.2 Å². The Hall–Kier alpha value is -1.28. The predicted octanol–water partition coefficient (Wildman–Crippen LogP) is 3.65. The molecule has 1 N–H and O–H groups in total. The lowest BCUT2D eigenvalue weighted by Crippen LogP contribution is -2.01. The van der Waals surface area contributed by atoms with Gasteiger partial charge in [0, 0.05) is 16.6 Å². The molecular formula is C12H11NS. The molecule has 2 heterocycles. The first-order valence-corrected chi connectivity index (χ1v) is 5.60. The van der Waals surface area contributed by atoms with Crippen LogP contribution in [-0.2, 0) is 0 Å². The Morgan fingerprint density at radius 3 is 3.21 bits per heavy atom. The maximum atomic E-state index is 3.44. The standard InChI is InChI=1S/C12H11NS/c1-8-4-2-5-9-11-10(14-12(8)9)6-3-7-13-11/h2-6,13H,7H2,1H3. The Morgan fingerprint density at radius 1 is 1.36 bits per heavy atom. The van der Waals surface area contributed by atoms with Crippen LogP contribution in [0.1, 0.15) is 10.4 Å². The van der Waals surface area contributed by atoms with Gasteiger partial charge in [-0.15, -0.1) is 11.3 Å². The molecule has 0 atom stereocenters. The number of fused-ring (bicyclic) bond motifs is 3. The van der Waals surface area contributed by atoms with Gasteiger partial charge in [0.2, 0.25) is 0 Å². The van der Waals surface area contributed by atoms with E-state index in [9.17, 15) is 0 Å². The molecule has 0 unspecified atom stereocenters. The summed E-state index contributed by atoms with van der Waals surface area (Å²) >= 11 is 1.88. The van der Waals surface area contributed by atoms with Gasteiger partial charge < -0.3 is 5.32 Å². The Balaban J connectivity index is 2.43. The van der Waals surface area contributed by atoms with E-state index in [1.54, 1.807) is 0 Å². The monoisotopic (exact) mass is 201 g/mol. The third-order valence-corrected chi connectivity index (χ3v) is 3.91. The molecule has 3 rings (SSSR count). The highest BCUT2D eigenvalue weighted by atomic mass is 32.1. The molecule has 0 saturated carbocycles. The normalized spacial score (nSPS) is 14.1. The number of rotatable bonds is 0. The van der Waals surface area contributed by atoms with Crippen LogP contribution >= 0.6 is 11.3 Å². The zero-order chi connectivity index (χ0) is 9.54. The van der Waals surface area contributed by atoms with Gasteiger partial charge in [0.05, 0.1) is 10.6 Å². The van der Waals surface area contributed by atoms with Crippen molar-refractivity contribution in [2.24, 2.45) is 0 Å². The minimum atomic E-state index is 0.951. The predicted molar refractivity (Wildman–Crippen MR) is 64.1 cm³/mol. The van der Waals surface area contributed by atoms with Crippen molar-refractivity contribution in [3.05, 3.63) is 34.7 Å². The summed E-state index contributed by atoms with van der Waals surface area (Å²) in [5.74, 6) is 0. The molecular weight excluding hydrogens is 190 g/mol. The SMILES string of the molecule is Cc1cccc2c3c(sc12)C=CCN3. The van der Waals surface area contributed by atoms with E-state index < -0.39 is 0 Å². The van der Waals surface area contributed by atoms with E-state index in [0.29, 0.717) is 0 Å². The molecule has 2 aromatic rings. The first-order valence-electron chi connectivity index (χ1n) is 4.79. The molecule has 0 bridgehead atoms. The molecule has 0 fully saturated rings. The van der Waals surface area contributed by atoms with Crippen molar-refractivity contribution in [3.63, 3.8) is 0 Å². The van der Waals surface area contributed by atoms with Gasteiger partial charge in [-0.25, -0.2) is 0 Å². The second kappa shape index (κ2) is 2.85. The van der Waals surface area contributed by atoms with Crippen LogP contribution in [0.5, 0.6) is 0 Å². The van der Waals surface area contributed by atoms with Crippen molar-refractivity contribution in [3.8, 4) is 0 Å². The number of benzene rings is 1. The summed E-state index contributed by atoms with van der Waals surface area (Å²) in [6, 6.07) is 6.50. The Morgan fingerprint density at radius 2 is 2.29 bits per heavy atom. The highest BCUT2D eigenvalue weighted by molar-refractivity contribution is 7.20. The molecule has 0 saturated heterocycles. The van der Waals surface area contributed by atoms with Crippen LogP contribution in [0.4, 0.5) is 5.69 Å². The van der Waals surface area contributed by atoms with E-state index in [2.05, 4.69) is 42.6 Å². The average Bonchev–Trinajstić information content (AvgIpc) is 2.59. The Bertz CT molecular complexity index is 522. The van der Waals surface area contributed by atoms with Crippen molar-refractivity contribution in [2.75, 3.05) is 11.9 Å². The molecule has 0 aliphatic carbocycles. The molecule has 1 aliphatic heterocycles. The van der Waals surface area contributed by atoms with Gasteiger partial charge in [-0.05, 0) is 18.6 Å². The summed E-state index contributed by atoms with van der Waals surface area (Å²) in [7, 11) is 0. The van der Waals surface area contributed by atoms with Gasteiger partial charge in [-0.1, -0.05) is 24.3 Å². The van der Waals surface area contributed by atoms with Crippen LogP contribution in [0.3, 0.4) is 0 Å². The van der Waals surface area contributed by atoms with Gasteiger partial charge in [0.25, 0.3) is 0 Å². The summed E-state index contributed by atoms with van der Waals surface area (Å²) < 4.78 is 1.41.